The van der Waals surface area contributed by atoms with Gasteiger partial charge in [-0.1, -0.05) is 13.8 Å². The molecule has 116 valence electrons. The summed E-state index contributed by atoms with van der Waals surface area (Å²) in [6, 6.07) is -1.13. The number of hydrogen-bond donors (Lipinski definition) is 3. The summed E-state index contributed by atoms with van der Waals surface area (Å²) >= 11 is 0. The smallest absolute Gasteiger partial charge is 0.320 e. The molecule has 0 spiro atoms. The Morgan fingerprint density at radius 3 is 2.10 bits per heavy atom. The van der Waals surface area contributed by atoms with Crippen LogP contribution in [-0.2, 0) is 25.2 Å². The van der Waals surface area contributed by atoms with Gasteiger partial charge in [0.25, 0.3) is 0 Å². The van der Waals surface area contributed by atoms with Gasteiger partial charge in [-0.15, -0.1) is 0 Å². The van der Waals surface area contributed by atoms with Gasteiger partial charge >= 0.3 is 11.9 Å². The molecule has 0 aliphatic carbocycles. The van der Waals surface area contributed by atoms with Crippen LogP contribution in [0.1, 0.15) is 33.1 Å². The average Bonchev–Trinajstić information content (AvgIpc) is 2.34. The van der Waals surface area contributed by atoms with Gasteiger partial charge in [-0.25, -0.2) is 0 Å². The lowest BCUT2D eigenvalue weighted by atomic mass is 10.0. The maximum absolute atomic E-state index is 11.6. The molecule has 0 aliphatic rings. The number of hydrogen-bond acceptors (Lipinski definition) is 5. The minimum Gasteiger partial charge on any atom is -0.481 e. The van der Waals surface area contributed by atoms with Gasteiger partial charge in [0.1, 0.15) is 11.8 Å². The fraction of sp³-hybridized carbons (Fsp3) is 0.750. The maximum atomic E-state index is 11.6. The first-order chi connectivity index (χ1) is 9.15. The zero-order valence-electron chi connectivity index (χ0n) is 11.6. The lowest BCUT2D eigenvalue weighted by molar-refractivity contribution is -0.143. The van der Waals surface area contributed by atoms with Crippen molar-refractivity contribution in [1.82, 2.24) is 0 Å². The van der Waals surface area contributed by atoms with Crippen LogP contribution >= 0.6 is 0 Å². The third-order valence-corrected chi connectivity index (χ3v) is 4.55. The Kier molecular flexibility index (Phi) is 8.24. The first-order valence-corrected chi connectivity index (χ1v) is 7.63. The molecular formula is C12H21NO6S. The number of carboxylic acid groups (broad SMARTS) is 2. The van der Waals surface area contributed by atoms with Gasteiger partial charge in [0.15, 0.2) is 0 Å². The monoisotopic (exact) mass is 307 g/mol. The second-order valence-corrected chi connectivity index (χ2v) is 6.90. The predicted molar refractivity (Wildman–Crippen MR) is 73.7 cm³/mol. The van der Waals surface area contributed by atoms with Crippen molar-refractivity contribution in [2.24, 2.45) is 11.7 Å². The summed E-state index contributed by atoms with van der Waals surface area (Å²) in [6.45, 7) is 3.42. The highest BCUT2D eigenvalue weighted by Crippen LogP contribution is 2.12. The van der Waals surface area contributed by atoms with Crippen molar-refractivity contribution in [3.05, 3.63) is 0 Å². The van der Waals surface area contributed by atoms with Crippen molar-refractivity contribution in [3.8, 4) is 0 Å². The Bertz CT molecular complexity index is 395. The third-order valence-electron chi connectivity index (χ3n) is 2.77. The van der Waals surface area contributed by atoms with Crippen LogP contribution in [0, 0.1) is 5.92 Å². The van der Waals surface area contributed by atoms with E-state index in [1.807, 2.05) is 0 Å². The van der Waals surface area contributed by atoms with E-state index < -0.39 is 34.7 Å². The predicted octanol–water partition coefficient (Wildman–Crippen LogP) is -0.00440. The molecule has 0 saturated heterocycles. The lowest BCUT2D eigenvalue weighted by Crippen LogP contribution is -2.31. The summed E-state index contributed by atoms with van der Waals surface area (Å²) in [5.74, 6) is -3.84. The van der Waals surface area contributed by atoms with Gasteiger partial charge in [-0.05, 0) is 6.42 Å². The fourth-order valence-electron chi connectivity index (χ4n) is 1.43. The molecule has 0 rings (SSSR count). The van der Waals surface area contributed by atoms with E-state index in [9.17, 15) is 18.6 Å². The number of ketones is 1. The van der Waals surface area contributed by atoms with Crippen molar-refractivity contribution >= 4 is 28.5 Å². The maximum Gasteiger partial charge on any atom is 0.320 e. The zero-order valence-corrected chi connectivity index (χ0v) is 12.4. The largest absolute Gasteiger partial charge is 0.481 e. The van der Waals surface area contributed by atoms with Gasteiger partial charge in [-0.2, -0.15) is 0 Å². The summed E-state index contributed by atoms with van der Waals surface area (Å²) in [5.41, 5.74) is 5.26. The van der Waals surface area contributed by atoms with E-state index in [0.717, 1.165) is 0 Å². The number of Topliss-reactive ketones (excluding diaryl/α,β-unsaturated/α-hetero) is 1. The van der Waals surface area contributed by atoms with Gasteiger partial charge < -0.3 is 15.9 Å². The molecule has 2 unspecified atom stereocenters. The van der Waals surface area contributed by atoms with Gasteiger partial charge in [0.05, 0.1) is 5.92 Å². The molecular weight excluding hydrogens is 286 g/mol. The minimum atomic E-state index is -1.31. The number of rotatable bonds is 10. The average molecular weight is 307 g/mol. The van der Waals surface area contributed by atoms with Crippen molar-refractivity contribution in [2.45, 2.75) is 44.4 Å². The molecule has 0 heterocycles. The third kappa shape index (κ3) is 7.34. The normalized spacial score (nSPS) is 15.6. The van der Waals surface area contributed by atoms with Crippen LogP contribution in [0.15, 0.2) is 0 Å². The molecule has 0 aliphatic heterocycles. The molecule has 0 aromatic rings. The van der Waals surface area contributed by atoms with Crippen LogP contribution in [0.4, 0.5) is 0 Å². The highest BCUT2D eigenvalue weighted by molar-refractivity contribution is 7.85. The van der Waals surface area contributed by atoms with E-state index in [-0.39, 0.29) is 36.0 Å². The van der Waals surface area contributed by atoms with Gasteiger partial charge in [0.2, 0.25) is 0 Å². The summed E-state index contributed by atoms with van der Waals surface area (Å²) in [5, 5.41) is 17.4. The molecule has 0 saturated carbocycles. The zero-order chi connectivity index (χ0) is 15.9. The van der Waals surface area contributed by atoms with E-state index >= 15 is 0 Å². The van der Waals surface area contributed by atoms with E-state index in [1.165, 1.54) is 0 Å². The minimum absolute atomic E-state index is 0.0340. The Hall–Kier alpha value is -1.28. The summed E-state index contributed by atoms with van der Waals surface area (Å²) in [4.78, 5) is 33.2. The van der Waals surface area contributed by atoms with Crippen LogP contribution in [0.2, 0.25) is 0 Å². The molecule has 3 atom stereocenters. The van der Waals surface area contributed by atoms with Crippen LogP contribution in [0.3, 0.4) is 0 Å². The van der Waals surface area contributed by atoms with E-state index in [0.29, 0.717) is 0 Å². The summed E-state index contributed by atoms with van der Waals surface area (Å²) in [7, 11) is -1.31. The van der Waals surface area contributed by atoms with Crippen LogP contribution in [-0.4, -0.2) is 49.2 Å². The fourth-order valence-corrected chi connectivity index (χ4v) is 2.47. The highest BCUT2D eigenvalue weighted by Gasteiger charge is 2.25. The first kappa shape index (κ1) is 18.7. The van der Waals surface area contributed by atoms with Crippen LogP contribution in [0.5, 0.6) is 0 Å². The molecule has 0 aromatic heterocycles. The molecule has 0 fully saturated rings. The number of carbonyl (C=O) groups excluding carboxylic acids is 1. The molecule has 8 heteroatoms. The Morgan fingerprint density at radius 2 is 1.70 bits per heavy atom. The molecule has 0 aromatic carbocycles. The van der Waals surface area contributed by atoms with Crippen molar-refractivity contribution < 1.29 is 28.8 Å². The summed E-state index contributed by atoms with van der Waals surface area (Å²) < 4.78 is 11.6. The second kappa shape index (κ2) is 8.80. The van der Waals surface area contributed by atoms with Gasteiger partial charge in [-0.3, -0.25) is 18.6 Å². The van der Waals surface area contributed by atoms with Crippen LogP contribution < -0.4 is 5.73 Å². The Balaban J connectivity index is 4.39. The number of aliphatic carboxylic acids is 2. The lowest BCUT2D eigenvalue weighted by Gasteiger charge is -2.13. The van der Waals surface area contributed by atoms with Crippen molar-refractivity contribution in [2.75, 3.05) is 5.75 Å². The van der Waals surface area contributed by atoms with Crippen molar-refractivity contribution in [3.63, 3.8) is 0 Å². The topological polar surface area (TPSA) is 135 Å². The number of carbonyl (C=O) groups is 3. The molecule has 0 amide bonds. The molecule has 20 heavy (non-hydrogen) atoms. The summed E-state index contributed by atoms with van der Waals surface area (Å²) in [6.07, 6.45) is -0.376. The quantitative estimate of drug-likeness (QED) is 0.516. The van der Waals surface area contributed by atoms with E-state index in [2.05, 4.69) is 0 Å². The highest BCUT2D eigenvalue weighted by atomic mass is 32.2. The van der Waals surface area contributed by atoms with Crippen LogP contribution in [0.25, 0.3) is 0 Å². The molecule has 0 radical (unpaired) electrons. The van der Waals surface area contributed by atoms with Crippen molar-refractivity contribution in [1.29, 1.82) is 0 Å². The first-order valence-electron chi connectivity index (χ1n) is 6.25. The van der Waals surface area contributed by atoms with E-state index in [4.69, 9.17) is 15.9 Å². The molecule has 7 nitrogen and oxygen atoms in total. The Labute approximate surface area is 120 Å². The standard InChI is InChI=1S/C12H21NO6S/c1-7(2)20(19)6-8(11(15)16)5-9(14)3-4-10(13)12(17)18/h7-8,10H,3-6,13H2,1-2H3,(H,15,16)(H,17,18)/t8-,10?,20?/m0/s1. The van der Waals surface area contributed by atoms with Gasteiger partial charge in [0, 0.05) is 34.6 Å². The Morgan fingerprint density at radius 1 is 1.15 bits per heavy atom. The SMILES string of the molecule is CC(C)S(=O)C[C@H](CC(=O)CCC(N)C(=O)O)C(=O)O. The number of nitrogens with two attached hydrogens (primary N) is 1. The van der Waals surface area contributed by atoms with E-state index in [1.54, 1.807) is 13.8 Å². The second-order valence-electron chi connectivity index (χ2n) is 4.86. The number of carboxylic acids is 2. The molecule has 0 bridgehead atoms. The molecule has 4 N–H and O–H groups in total.